The van der Waals surface area contributed by atoms with Gasteiger partial charge in [-0.25, -0.2) is 35.2 Å². The van der Waals surface area contributed by atoms with Gasteiger partial charge in [0.25, 0.3) is 10.0 Å². The molecule has 9 nitrogen and oxygen atoms in total. The summed E-state index contributed by atoms with van der Waals surface area (Å²) in [7, 11) is -9.37. The number of anilines is 1. The van der Waals surface area contributed by atoms with Crippen LogP contribution >= 0.6 is 11.6 Å². The fourth-order valence-electron chi connectivity index (χ4n) is 4.46. The van der Waals surface area contributed by atoms with E-state index in [4.69, 9.17) is 18.2 Å². The van der Waals surface area contributed by atoms with Gasteiger partial charge in [0, 0.05) is 17.6 Å². The van der Waals surface area contributed by atoms with Crippen molar-refractivity contribution in [2.75, 3.05) is 11.2 Å². The van der Waals surface area contributed by atoms with Gasteiger partial charge >= 0.3 is 12.2 Å². The number of sulfonamides is 1. The third-order valence-electron chi connectivity index (χ3n) is 6.42. The summed E-state index contributed by atoms with van der Waals surface area (Å²) in [6, 6.07) is 6.96. The Balaban J connectivity index is 0.00000529. The maximum Gasteiger partial charge on any atom is 0.416 e. The third kappa shape index (κ3) is 5.99. The molecular formula is C28H21ClF4N4O5S2. The van der Waals surface area contributed by atoms with Gasteiger partial charge in [-0.15, -0.1) is 0 Å². The van der Waals surface area contributed by atoms with E-state index in [1.807, 2.05) is 0 Å². The molecule has 0 aromatic heterocycles. The van der Waals surface area contributed by atoms with Crippen LogP contribution in [0.1, 0.15) is 37.1 Å². The van der Waals surface area contributed by atoms with E-state index in [9.17, 15) is 44.5 Å². The summed E-state index contributed by atoms with van der Waals surface area (Å²) < 4.78 is 109. The summed E-state index contributed by atoms with van der Waals surface area (Å²) in [6.07, 6.45) is -4.08. The molecule has 4 rings (SSSR count). The van der Waals surface area contributed by atoms with Crippen LogP contribution in [0.25, 0.3) is 4.85 Å². The van der Waals surface area contributed by atoms with Gasteiger partial charge in [0.2, 0.25) is 5.70 Å². The molecule has 0 saturated heterocycles. The van der Waals surface area contributed by atoms with Crippen LogP contribution in [-0.2, 0) is 26.0 Å². The number of hydrogen-bond acceptors (Lipinski definition) is 6. The Morgan fingerprint density at radius 1 is 1.05 bits per heavy atom. The topological polar surface area (TPSA) is 120 Å². The summed E-state index contributed by atoms with van der Waals surface area (Å²) in [5.41, 5.74) is -2.98. The van der Waals surface area contributed by atoms with Crippen LogP contribution in [0.15, 0.2) is 81.8 Å². The molecule has 1 aliphatic heterocycles. The van der Waals surface area contributed by atoms with Crippen molar-refractivity contribution in [1.29, 1.82) is 5.26 Å². The highest BCUT2D eigenvalue weighted by atomic mass is 35.5. The number of benzene rings is 3. The molecule has 0 saturated carbocycles. The molecule has 0 bridgehead atoms. The molecule has 230 valence electrons. The Morgan fingerprint density at radius 3 is 2.25 bits per heavy atom. The van der Waals surface area contributed by atoms with E-state index >= 15 is 0 Å². The fraction of sp³-hybridized carbons (Fsp3) is 0.179. The van der Waals surface area contributed by atoms with Gasteiger partial charge in [0.15, 0.2) is 9.84 Å². The van der Waals surface area contributed by atoms with Gasteiger partial charge in [0.05, 0.1) is 38.6 Å². The quantitative estimate of drug-likeness (QED) is 0.215. The third-order valence-corrected chi connectivity index (χ3v) is 9.59. The zero-order valence-electron chi connectivity index (χ0n) is 21.9. The minimum Gasteiger partial charge on any atom is -0.277 e. The van der Waals surface area contributed by atoms with Crippen molar-refractivity contribution in [1.82, 2.24) is 4.31 Å². The lowest BCUT2D eigenvalue weighted by atomic mass is 9.98. The molecule has 3 aromatic rings. The van der Waals surface area contributed by atoms with Crippen LogP contribution in [0.2, 0.25) is 5.02 Å². The summed E-state index contributed by atoms with van der Waals surface area (Å²) in [5.74, 6) is -1.00. The maximum absolute atomic E-state index is 14.1. The predicted molar refractivity (Wildman–Crippen MR) is 153 cm³/mol. The van der Waals surface area contributed by atoms with Crippen molar-refractivity contribution >= 4 is 43.2 Å². The summed E-state index contributed by atoms with van der Waals surface area (Å²) >= 11 is 5.80. The van der Waals surface area contributed by atoms with E-state index in [1.54, 1.807) is 6.07 Å². The molecule has 3 aromatic carbocycles. The van der Waals surface area contributed by atoms with Crippen LogP contribution in [0, 0.1) is 23.7 Å². The first-order valence-electron chi connectivity index (χ1n) is 11.8. The molecule has 0 fully saturated rings. The Hall–Kier alpha value is -4.44. The van der Waals surface area contributed by atoms with Gasteiger partial charge in [-0.1, -0.05) is 31.2 Å². The number of halogens is 5. The lowest BCUT2D eigenvalue weighted by Gasteiger charge is -2.41. The van der Waals surface area contributed by atoms with Crippen molar-refractivity contribution in [3.05, 3.63) is 111 Å². The van der Waals surface area contributed by atoms with Gasteiger partial charge < -0.3 is 0 Å². The highest BCUT2D eigenvalue weighted by Gasteiger charge is 2.48. The second-order valence-electron chi connectivity index (χ2n) is 9.16. The molecule has 2 amide bonds. The zero-order valence-corrected chi connectivity index (χ0v) is 24.3. The lowest BCUT2D eigenvalue weighted by Crippen LogP contribution is -2.52. The molecule has 1 aliphatic rings. The second-order valence-corrected chi connectivity index (χ2v) is 13.4. The molecule has 1 atom stereocenters. The van der Waals surface area contributed by atoms with Crippen molar-refractivity contribution in [3.8, 4) is 6.07 Å². The summed E-state index contributed by atoms with van der Waals surface area (Å²) in [6.45, 7) is 9.07. The van der Waals surface area contributed by atoms with E-state index in [2.05, 4.69) is 4.85 Å². The number of carbonyl (C=O) groups excluding carboxylic acids is 1. The molecule has 0 N–H and O–H groups in total. The number of carbonyl (C=O) groups is 1. The van der Waals surface area contributed by atoms with E-state index in [1.165, 1.54) is 6.92 Å². The van der Waals surface area contributed by atoms with E-state index in [0.29, 0.717) is 23.1 Å². The molecule has 0 aliphatic carbocycles. The Morgan fingerprint density at radius 2 is 1.70 bits per heavy atom. The molecule has 1 heterocycles. The smallest absolute Gasteiger partial charge is 0.277 e. The first-order chi connectivity index (χ1) is 19.9. The average Bonchev–Trinajstić information content (AvgIpc) is 2.93. The first-order valence-corrected chi connectivity index (χ1v) is 15.5. The second kappa shape index (κ2) is 11.9. The number of allylic oxidation sites excluding steroid dienone is 1. The van der Waals surface area contributed by atoms with Gasteiger partial charge in [0.1, 0.15) is 11.9 Å². The average molecular weight is 669 g/mol. The number of rotatable bonds is 5. The number of sulfone groups is 1. The normalized spacial score (nSPS) is 15.8. The van der Waals surface area contributed by atoms with E-state index < -0.39 is 75.7 Å². The Labute approximate surface area is 256 Å². The molecule has 0 radical (unpaired) electrons. The number of hydrogen-bond donors (Lipinski definition) is 0. The number of nitriles is 1. The van der Waals surface area contributed by atoms with Crippen molar-refractivity contribution in [3.63, 3.8) is 0 Å². The zero-order chi connectivity index (χ0) is 32.1. The number of urea groups is 1. The molecule has 0 unspecified atom stereocenters. The minimum absolute atomic E-state index is 0. The van der Waals surface area contributed by atoms with Crippen molar-refractivity contribution in [2.24, 2.45) is 0 Å². The SMILES string of the molecule is C.[C-]#[N+]C1=C(C)N(c2cccc(C(F)(F)F)c2)C(=O)N(S(=O)(=O)c2ccc(F)c(Cl)c2)[C@@H]1c1ccc(C#N)cc1S(C)(=O)=O. The summed E-state index contributed by atoms with van der Waals surface area (Å²) in [4.78, 5) is 16.8. The predicted octanol–water partition coefficient (Wildman–Crippen LogP) is 6.93. The van der Waals surface area contributed by atoms with Crippen LogP contribution in [0.3, 0.4) is 0 Å². The van der Waals surface area contributed by atoms with Gasteiger partial charge in [-0.05, 0) is 61.0 Å². The molecule has 16 heteroatoms. The molecule has 44 heavy (non-hydrogen) atoms. The van der Waals surface area contributed by atoms with Gasteiger partial charge in [-0.3, -0.25) is 4.90 Å². The highest BCUT2D eigenvalue weighted by molar-refractivity contribution is 7.91. The summed E-state index contributed by atoms with van der Waals surface area (Å²) in [5, 5.41) is 8.69. The number of amides is 2. The fourth-order valence-corrected chi connectivity index (χ4v) is 7.17. The van der Waals surface area contributed by atoms with Gasteiger partial charge in [-0.2, -0.15) is 18.4 Å². The number of nitrogens with zero attached hydrogens (tertiary/aromatic N) is 4. The van der Waals surface area contributed by atoms with E-state index in [0.717, 1.165) is 48.7 Å². The molecule has 0 spiro atoms. The van der Waals surface area contributed by atoms with Crippen LogP contribution in [0.5, 0.6) is 0 Å². The minimum atomic E-state index is -5.14. The largest absolute Gasteiger partial charge is 0.416 e. The van der Waals surface area contributed by atoms with Crippen molar-refractivity contribution < 1.29 is 39.2 Å². The number of alkyl halides is 3. The lowest BCUT2D eigenvalue weighted by molar-refractivity contribution is -0.137. The van der Waals surface area contributed by atoms with Crippen molar-refractivity contribution in [2.45, 2.75) is 36.4 Å². The Kier molecular flexibility index (Phi) is 9.22. The Bertz CT molecular complexity index is 2020. The first kappa shape index (κ1) is 34.1. The van der Waals surface area contributed by atoms with Crippen LogP contribution < -0.4 is 4.90 Å². The van der Waals surface area contributed by atoms with Crippen LogP contribution in [-0.4, -0.2) is 33.4 Å². The standard InChI is InChI=1S/C27H17ClF4N4O5S2.CH4/c1-15-24(34-2)25(20-9-7-16(14-33)11-23(20)42(3,38)39)36(43(40,41)19-8-10-22(29)21(28)13-19)26(37)35(15)18-6-4-5-17(12-18)27(30,31)32;/h4-13,25H,1,3H3;1H4/t25-;/m1./s1. The maximum atomic E-state index is 14.1. The van der Waals surface area contributed by atoms with Crippen LogP contribution in [0.4, 0.5) is 28.0 Å². The molecular weight excluding hydrogens is 648 g/mol. The monoisotopic (exact) mass is 668 g/mol. The van der Waals surface area contributed by atoms with E-state index in [-0.39, 0.29) is 28.6 Å². The highest BCUT2D eigenvalue weighted by Crippen LogP contribution is 2.45.